The van der Waals surface area contributed by atoms with Crippen molar-refractivity contribution in [2.45, 2.75) is 31.2 Å². The van der Waals surface area contributed by atoms with Gasteiger partial charge >= 0.3 is 0 Å². The first-order chi connectivity index (χ1) is 13.6. The zero-order valence-corrected chi connectivity index (χ0v) is 16.4. The van der Waals surface area contributed by atoms with Gasteiger partial charge < -0.3 is 4.52 Å². The molecule has 0 radical (unpaired) electrons. The summed E-state index contributed by atoms with van der Waals surface area (Å²) < 4.78 is 10.0. The highest BCUT2D eigenvalue weighted by molar-refractivity contribution is 7.98. The lowest BCUT2D eigenvalue weighted by Crippen LogP contribution is -2.22. The van der Waals surface area contributed by atoms with Crippen molar-refractivity contribution in [2.24, 2.45) is 7.05 Å². The molecular formula is C17H18N8O2S. The van der Waals surface area contributed by atoms with E-state index in [1.165, 1.54) is 16.4 Å². The van der Waals surface area contributed by atoms with Crippen LogP contribution in [0.3, 0.4) is 0 Å². The number of hydrogen-bond donors (Lipinski definition) is 0. The van der Waals surface area contributed by atoms with Crippen molar-refractivity contribution in [3.63, 3.8) is 0 Å². The molecule has 0 aliphatic heterocycles. The number of nitrogens with zero attached hydrogens (tertiary/aromatic N) is 8. The number of para-hydroxylation sites is 1. The number of tetrazole rings is 1. The summed E-state index contributed by atoms with van der Waals surface area (Å²) in [5.41, 5.74) is 1.71. The number of hydrogen-bond acceptors (Lipinski definition) is 8. The van der Waals surface area contributed by atoms with E-state index in [0.29, 0.717) is 34.7 Å². The van der Waals surface area contributed by atoms with Crippen LogP contribution in [0.4, 0.5) is 0 Å². The van der Waals surface area contributed by atoms with Crippen molar-refractivity contribution in [2.75, 3.05) is 0 Å². The van der Waals surface area contributed by atoms with Crippen molar-refractivity contribution in [1.82, 2.24) is 39.7 Å². The van der Waals surface area contributed by atoms with Crippen LogP contribution in [0.1, 0.15) is 24.3 Å². The third kappa shape index (κ3) is 3.13. The van der Waals surface area contributed by atoms with Crippen molar-refractivity contribution in [3.8, 4) is 11.4 Å². The van der Waals surface area contributed by atoms with E-state index < -0.39 is 0 Å². The molecule has 1 aromatic carbocycles. The SMILES string of the molecule is CCc1noc(CSc2nnnn2-c2c(C)n(C)n(-c3ccccc3)c2=O)n1. The zero-order chi connectivity index (χ0) is 19.7. The van der Waals surface area contributed by atoms with E-state index in [9.17, 15) is 4.79 Å². The first-order valence-corrected chi connectivity index (χ1v) is 9.65. The van der Waals surface area contributed by atoms with Gasteiger partial charge in [0.2, 0.25) is 11.0 Å². The summed E-state index contributed by atoms with van der Waals surface area (Å²) in [6, 6.07) is 9.43. The molecule has 0 fully saturated rings. The fourth-order valence-corrected chi connectivity index (χ4v) is 3.54. The summed E-state index contributed by atoms with van der Waals surface area (Å²) in [5, 5.41) is 16.2. The summed E-state index contributed by atoms with van der Waals surface area (Å²) in [4.78, 5) is 17.4. The topological polar surface area (TPSA) is 109 Å². The Labute approximate surface area is 164 Å². The average Bonchev–Trinajstić information content (AvgIpc) is 3.40. The average molecular weight is 398 g/mol. The maximum absolute atomic E-state index is 13.2. The number of aryl methyl sites for hydroxylation is 1. The minimum atomic E-state index is -0.202. The number of benzene rings is 1. The Morgan fingerprint density at radius 3 is 2.71 bits per heavy atom. The number of rotatable bonds is 6. The molecule has 0 amide bonds. The van der Waals surface area contributed by atoms with Crippen molar-refractivity contribution < 1.29 is 4.52 Å². The largest absolute Gasteiger partial charge is 0.338 e. The second-order valence-corrected chi connectivity index (χ2v) is 6.97. The van der Waals surface area contributed by atoms with Gasteiger partial charge in [-0.2, -0.15) is 9.67 Å². The van der Waals surface area contributed by atoms with Crippen LogP contribution in [0.25, 0.3) is 11.4 Å². The second-order valence-electron chi connectivity index (χ2n) is 6.03. The van der Waals surface area contributed by atoms with Crippen LogP contribution in [0.2, 0.25) is 0 Å². The Bertz CT molecular complexity index is 1160. The molecule has 0 bridgehead atoms. The molecule has 0 aliphatic rings. The van der Waals surface area contributed by atoms with Crippen LogP contribution in [-0.4, -0.2) is 39.7 Å². The van der Waals surface area contributed by atoms with Crippen LogP contribution >= 0.6 is 11.8 Å². The van der Waals surface area contributed by atoms with E-state index in [0.717, 1.165) is 11.4 Å². The van der Waals surface area contributed by atoms with Gasteiger partial charge in [-0.15, -0.1) is 5.10 Å². The van der Waals surface area contributed by atoms with Gasteiger partial charge in [0.25, 0.3) is 5.56 Å². The second kappa shape index (κ2) is 7.43. The first kappa shape index (κ1) is 18.2. The molecule has 0 saturated heterocycles. The summed E-state index contributed by atoms with van der Waals surface area (Å²) in [6.45, 7) is 3.82. The van der Waals surface area contributed by atoms with Gasteiger partial charge in [0, 0.05) is 13.5 Å². The molecule has 3 heterocycles. The lowest BCUT2D eigenvalue weighted by Gasteiger charge is -2.07. The number of thioether (sulfide) groups is 1. The molecule has 4 aromatic rings. The van der Waals surface area contributed by atoms with Crippen LogP contribution < -0.4 is 5.56 Å². The highest BCUT2D eigenvalue weighted by Crippen LogP contribution is 2.22. The highest BCUT2D eigenvalue weighted by atomic mass is 32.2. The number of aromatic nitrogens is 8. The standard InChI is InChI=1S/C17H18N8O2S/c1-4-13-18-14(27-20-13)10-28-17-19-21-22-24(17)15-11(2)23(3)25(16(15)26)12-8-6-5-7-9-12/h5-9H,4,10H2,1-3H3. The summed E-state index contributed by atoms with van der Waals surface area (Å²) in [7, 11) is 1.83. The quantitative estimate of drug-likeness (QED) is 0.451. The maximum Gasteiger partial charge on any atom is 0.297 e. The Kier molecular flexibility index (Phi) is 4.82. The monoisotopic (exact) mass is 398 g/mol. The van der Waals surface area contributed by atoms with Gasteiger partial charge in [0.05, 0.1) is 17.1 Å². The van der Waals surface area contributed by atoms with Gasteiger partial charge in [-0.05, 0) is 29.5 Å². The molecule has 11 heteroatoms. The van der Waals surface area contributed by atoms with E-state index in [1.807, 2.05) is 51.2 Å². The van der Waals surface area contributed by atoms with Crippen LogP contribution in [-0.2, 0) is 19.2 Å². The third-order valence-corrected chi connectivity index (χ3v) is 5.23. The molecule has 0 aliphatic carbocycles. The molecule has 0 saturated carbocycles. The van der Waals surface area contributed by atoms with Crippen molar-refractivity contribution in [3.05, 3.63) is 58.1 Å². The molecular weight excluding hydrogens is 380 g/mol. The minimum Gasteiger partial charge on any atom is -0.338 e. The molecule has 0 atom stereocenters. The van der Waals surface area contributed by atoms with Gasteiger partial charge in [0.1, 0.15) is 0 Å². The van der Waals surface area contributed by atoms with Gasteiger partial charge in [-0.25, -0.2) is 4.68 Å². The molecule has 3 aromatic heterocycles. The predicted octanol–water partition coefficient (Wildman–Crippen LogP) is 1.70. The van der Waals surface area contributed by atoms with E-state index in [4.69, 9.17) is 4.52 Å². The maximum atomic E-state index is 13.2. The van der Waals surface area contributed by atoms with Crippen molar-refractivity contribution in [1.29, 1.82) is 0 Å². The lowest BCUT2D eigenvalue weighted by atomic mass is 10.3. The zero-order valence-electron chi connectivity index (χ0n) is 15.6. The van der Waals surface area contributed by atoms with Crippen LogP contribution in [0, 0.1) is 6.92 Å². The minimum absolute atomic E-state index is 0.202. The lowest BCUT2D eigenvalue weighted by molar-refractivity contribution is 0.385. The van der Waals surface area contributed by atoms with E-state index in [1.54, 1.807) is 9.36 Å². The van der Waals surface area contributed by atoms with Crippen LogP contribution in [0.5, 0.6) is 0 Å². The van der Waals surface area contributed by atoms with E-state index >= 15 is 0 Å². The molecule has 0 N–H and O–H groups in total. The van der Waals surface area contributed by atoms with Crippen LogP contribution in [0.15, 0.2) is 44.8 Å². The van der Waals surface area contributed by atoms with E-state index in [2.05, 4.69) is 25.7 Å². The summed E-state index contributed by atoms with van der Waals surface area (Å²) in [6.07, 6.45) is 0.703. The smallest absolute Gasteiger partial charge is 0.297 e. The normalized spacial score (nSPS) is 11.2. The molecule has 4 rings (SSSR count). The predicted molar refractivity (Wildman–Crippen MR) is 102 cm³/mol. The Balaban J connectivity index is 1.69. The van der Waals surface area contributed by atoms with Gasteiger partial charge in [0.15, 0.2) is 11.5 Å². The molecule has 28 heavy (non-hydrogen) atoms. The Morgan fingerprint density at radius 1 is 1.21 bits per heavy atom. The summed E-state index contributed by atoms with van der Waals surface area (Å²) in [5.74, 6) is 1.55. The third-order valence-electron chi connectivity index (χ3n) is 4.33. The first-order valence-electron chi connectivity index (χ1n) is 8.67. The Hall–Kier alpha value is -3.21. The molecule has 0 unspecified atom stereocenters. The van der Waals surface area contributed by atoms with Gasteiger partial charge in [-0.3, -0.25) is 9.48 Å². The summed E-state index contributed by atoms with van der Waals surface area (Å²) >= 11 is 1.33. The van der Waals surface area contributed by atoms with E-state index in [-0.39, 0.29) is 5.56 Å². The fraction of sp³-hybridized carbons (Fsp3) is 0.294. The highest BCUT2D eigenvalue weighted by Gasteiger charge is 2.22. The Morgan fingerprint density at radius 2 is 2.00 bits per heavy atom. The molecule has 144 valence electrons. The van der Waals surface area contributed by atoms with Gasteiger partial charge in [-0.1, -0.05) is 42.0 Å². The molecule has 10 nitrogen and oxygen atoms in total. The van der Waals surface area contributed by atoms with Crippen molar-refractivity contribution >= 4 is 11.8 Å². The molecule has 0 spiro atoms. The fourth-order valence-electron chi connectivity index (χ4n) is 2.83.